The lowest BCUT2D eigenvalue weighted by Gasteiger charge is -2.31. The number of carbonyl (C=O) groups excluding carboxylic acids is 1. The molecule has 0 atom stereocenters. The van der Waals surface area contributed by atoms with Gasteiger partial charge in [-0.1, -0.05) is 13.3 Å². The molecule has 4 rings (SSSR count). The summed E-state index contributed by atoms with van der Waals surface area (Å²) in [5, 5.41) is 7.08. The topological polar surface area (TPSA) is 105 Å². The molecule has 0 spiro atoms. The standard InChI is InChI=1S/C24H33N5O4S/c1-2-13-29-23(30)12-10-20(26-29)24(31)25-21-18-19(34(32,33)28-16-7-4-8-17-28)9-11-22(21)27-14-5-3-6-15-27/h9-12,18H,2-8,13-17H2,1H3,(H,25,31). The fourth-order valence-electron chi connectivity index (χ4n) is 4.57. The summed E-state index contributed by atoms with van der Waals surface area (Å²) in [6.07, 6.45) is 6.71. The summed E-state index contributed by atoms with van der Waals surface area (Å²) in [6, 6.07) is 7.74. The molecule has 1 aromatic carbocycles. The smallest absolute Gasteiger partial charge is 0.276 e. The highest BCUT2D eigenvalue weighted by Crippen LogP contribution is 2.33. The average molecular weight is 488 g/mol. The Hall–Kier alpha value is -2.72. The minimum Gasteiger partial charge on any atom is -0.370 e. The lowest BCUT2D eigenvalue weighted by molar-refractivity contribution is 0.101. The van der Waals surface area contributed by atoms with E-state index in [-0.39, 0.29) is 16.1 Å². The van der Waals surface area contributed by atoms with Crippen molar-refractivity contribution in [2.75, 3.05) is 36.4 Å². The van der Waals surface area contributed by atoms with Gasteiger partial charge in [-0.15, -0.1) is 0 Å². The number of rotatable bonds is 7. The molecule has 34 heavy (non-hydrogen) atoms. The highest BCUT2D eigenvalue weighted by molar-refractivity contribution is 7.89. The second-order valence-corrected chi connectivity index (χ2v) is 10.9. The Kier molecular flexibility index (Phi) is 7.67. The molecule has 2 fully saturated rings. The fourth-order valence-corrected chi connectivity index (χ4v) is 6.11. The quantitative estimate of drug-likeness (QED) is 0.644. The maximum atomic E-state index is 13.3. The van der Waals surface area contributed by atoms with Crippen LogP contribution in [0.25, 0.3) is 0 Å². The van der Waals surface area contributed by atoms with Crippen LogP contribution >= 0.6 is 0 Å². The second-order valence-electron chi connectivity index (χ2n) is 8.93. The van der Waals surface area contributed by atoms with Crippen LogP contribution in [0, 0.1) is 0 Å². The summed E-state index contributed by atoms with van der Waals surface area (Å²) in [5.41, 5.74) is 1.09. The molecule has 1 N–H and O–H groups in total. The van der Waals surface area contributed by atoms with E-state index in [1.54, 1.807) is 18.2 Å². The predicted molar refractivity (Wildman–Crippen MR) is 132 cm³/mol. The normalized spacial score (nSPS) is 17.5. The van der Waals surface area contributed by atoms with Gasteiger partial charge in [0.1, 0.15) is 5.69 Å². The van der Waals surface area contributed by atoms with E-state index >= 15 is 0 Å². The van der Waals surface area contributed by atoms with Gasteiger partial charge in [-0.2, -0.15) is 9.40 Å². The van der Waals surface area contributed by atoms with Crippen molar-refractivity contribution in [1.82, 2.24) is 14.1 Å². The van der Waals surface area contributed by atoms with Gasteiger partial charge in [0.05, 0.1) is 16.3 Å². The van der Waals surface area contributed by atoms with Gasteiger partial charge in [-0.25, -0.2) is 13.1 Å². The van der Waals surface area contributed by atoms with Crippen LogP contribution in [-0.2, 0) is 16.6 Å². The number of carbonyl (C=O) groups is 1. The Bertz CT molecular complexity index is 1180. The molecule has 0 bridgehead atoms. The van der Waals surface area contributed by atoms with Crippen LogP contribution in [0.5, 0.6) is 0 Å². The van der Waals surface area contributed by atoms with Gasteiger partial charge in [-0.05, 0) is 62.8 Å². The molecule has 10 heteroatoms. The van der Waals surface area contributed by atoms with Crippen LogP contribution in [0.2, 0.25) is 0 Å². The molecule has 0 aliphatic carbocycles. The van der Waals surface area contributed by atoms with Gasteiger partial charge in [0, 0.05) is 38.8 Å². The Labute approximate surface area is 200 Å². The third-order valence-corrected chi connectivity index (χ3v) is 8.30. The molecule has 2 aliphatic rings. The van der Waals surface area contributed by atoms with E-state index in [1.165, 1.54) is 21.1 Å². The summed E-state index contributed by atoms with van der Waals surface area (Å²) in [6.45, 7) is 5.08. The predicted octanol–water partition coefficient (Wildman–Crippen LogP) is 3.07. The lowest BCUT2D eigenvalue weighted by Crippen LogP contribution is -2.36. The van der Waals surface area contributed by atoms with Crippen LogP contribution in [0.4, 0.5) is 11.4 Å². The largest absolute Gasteiger partial charge is 0.370 e. The first kappa shape index (κ1) is 24.4. The van der Waals surface area contributed by atoms with E-state index in [1.807, 2.05) is 6.92 Å². The van der Waals surface area contributed by atoms with Gasteiger partial charge >= 0.3 is 0 Å². The van der Waals surface area contributed by atoms with Crippen molar-refractivity contribution in [3.8, 4) is 0 Å². The first-order valence-corrected chi connectivity index (χ1v) is 13.6. The highest BCUT2D eigenvalue weighted by atomic mass is 32.2. The zero-order valence-electron chi connectivity index (χ0n) is 19.7. The van der Waals surface area contributed by atoms with E-state index in [0.717, 1.165) is 57.3 Å². The zero-order chi connectivity index (χ0) is 24.1. The van der Waals surface area contributed by atoms with Crippen molar-refractivity contribution >= 4 is 27.3 Å². The van der Waals surface area contributed by atoms with Crippen LogP contribution in [-0.4, -0.2) is 54.6 Å². The third kappa shape index (κ3) is 5.33. The molecular weight excluding hydrogens is 454 g/mol. The molecule has 2 saturated heterocycles. The van der Waals surface area contributed by atoms with E-state index in [2.05, 4.69) is 15.3 Å². The monoisotopic (exact) mass is 487 g/mol. The maximum absolute atomic E-state index is 13.3. The number of nitrogens with one attached hydrogen (secondary N) is 1. The number of amides is 1. The minimum atomic E-state index is -3.65. The van der Waals surface area contributed by atoms with E-state index < -0.39 is 15.9 Å². The van der Waals surface area contributed by atoms with E-state index in [0.29, 0.717) is 31.7 Å². The molecule has 2 aromatic rings. The van der Waals surface area contributed by atoms with E-state index in [9.17, 15) is 18.0 Å². The van der Waals surface area contributed by atoms with E-state index in [4.69, 9.17) is 0 Å². The number of nitrogens with zero attached hydrogens (tertiary/aromatic N) is 4. The molecule has 0 saturated carbocycles. The molecule has 9 nitrogen and oxygen atoms in total. The van der Waals surface area contributed by atoms with Crippen molar-refractivity contribution in [3.05, 3.63) is 46.4 Å². The van der Waals surface area contributed by atoms with Gasteiger partial charge in [-0.3, -0.25) is 9.59 Å². The first-order valence-electron chi connectivity index (χ1n) is 12.2. The average Bonchev–Trinajstić information content (AvgIpc) is 2.86. The lowest BCUT2D eigenvalue weighted by atomic mass is 10.1. The third-order valence-electron chi connectivity index (χ3n) is 6.40. The molecule has 3 heterocycles. The Morgan fingerprint density at radius 2 is 1.65 bits per heavy atom. The van der Waals surface area contributed by atoms with Crippen molar-refractivity contribution < 1.29 is 13.2 Å². The van der Waals surface area contributed by atoms with Crippen molar-refractivity contribution in [2.24, 2.45) is 0 Å². The summed E-state index contributed by atoms with van der Waals surface area (Å²) < 4.78 is 29.4. The molecule has 184 valence electrons. The van der Waals surface area contributed by atoms with Gasteiger partial charge in [0.2, 0.25) is 10.0 Å². The molecule has 0 radical (unpaired) electrons. The molecule has 1 amide bonds. The number of anilines is 2. The summed E-state index contributed by atoms with van der Waals surface area (Å²) in [4.78, 5) is 27.5. The number of hydrogen-bond donors (Lipinski definition) is 1. The van der Waals surface area contributed by atoms with Gasteiger partial charge in [0.25, 0.3) is 11.5 Å². The number of benzene rings is 1. The van der Waals surface area contributed by atoms with Crippen LogP contribution in [0.3, 0.4) is 0 Å². The fraction of sp³-hybridized carbons (Fsp3) is 0.542. The highest BCUT2D eigenvalue weighted by Gasteiger charge is 2.28. The minimum absolute atomic E-state index is 0.113. The molecular formula is C24H33N5O4S. The van der Waals surface area contributed by atoms with Gasteiger partial charge < -0.3 is 10.2 Å². The number of hydrogen-bond acceptors (Lipinski definition) is 6. The second kappa shape index (κ2) is 10.7. The zero-order valence-corrected chi connectivity index (χ0v) is 20.5. The summed E-state index contributed by atoms with van der Waals surface area (Å²) >= 11 is 0. The Balaban J connectivity index is 1.68. The van der Waals surface area contributed by atoms with Crippen molar-refractivity contribution in [2.45, 2.75) is 63.3 Å². The van der Waals surface area contributed by atoms with Crippen LogP contribution < -0.4 is 15.8 Å². The Morgan fingerprint density at radius 1 is 0.971 bits per heavy atom. The molecule has 1 aromatic heterocycles. The first-order chi connectivity index (χ1) is 16.4. The van der Waals surface area contributed by atoms with Crippen molar-refractivity contribution in [1.29, 1.82) is 0 Å². The van der Waals surface area contributed by atoms with Crippen LogP contribution in [0.1, 0.15) is 62.4 Å². The number of aromatic nitrogens is 2. The summed E-state index contributed by atoms with van der Waals surface area (Å²) in [5.74, 6) is -0.476. The maximum Gasteiger partial charge on any atom is 0.276 e. The molecule has 2 aliphatic heterocycles. The molecule has 0 unspecified atom stereocenters. The SMILES string of the molecule is CCCn1nc(C(=O)Nc2cc(S(=O)(=O)N3CCCCC3)ccc2N2CCCCC2)ccc1=O. The van der Waals surface area contributed by atoms with Gasteiger partial charge in [0.15, 0.2) is 0 Å². The summed E-state index contributed by atoms with van der Waals surface area (Å²) in [7, 11) is -3.65. The number of piperidine rings is 2. The van der Waals surface area contributed by atoms with Crippen LogP contribution in [0.15, 0.2) is 40.0 Å². The number of sulfonamides is 1. The number of aryl methyl sites for hydroxylation is 1. The van der Waals surface area contributed by atoms with Crippen molar-refractivity contribution in [3.63, 3.8) is 0 Å². The Morgan fingerprint density at radius 3 is 2.32 bits per heavy atom.